The van der Waals surface area contributed by atoms with Gasteiger partial charge >= 0.3 is 5.97 Å². The average molecular weight is 251 g/mol. The van der Waals surface area contributed by atoms with Crippen molar-refractivity contribution in [2.24, 2.45) is 0 Å². The number of amides is 1. The van der Waals surface area contributed by atoms with Gasteiger partial charge in [-0.2, -0.15) is 0 Å². The van der Waals surface area contributed by atoms with Gasteiger partial charge in [0, 0.05) is 23.9 Å². The third-order valence-corrected chi connectivity index (χ3v) is 3.60. The highest BCUT2D eigenvalue weighted by atomic mass is 32.2. The highest BCUT2D eigenvalue weighted by Crippen LogP contribution is 2.30. The molecule has 1 heterocycles. The number of hydrogen-bond donors (Lipinski definition) is 1. The smallest absolute Gasteiger partial charge is 0.319 e. The molecule has 1 fully saturated rings. The number of cyclic esters (lactones) is 1. The zero-order valence-corrected chi connectivity index (χ0v) is 10.3. The molecule has 1 aliphatic rings. The van der Waals surface area contributed by atoms with Crippen LogP contribution in [0.5, 0.6) is 0 Å². The summed E-state index contributed by atoms with van der Waals surface area (Å²) in [4.78, 5) is 23.1. The van der Waals surface area contributed by atoms with E-state index < -0.39 is 0 Å². The summed E-state index contributed by atoms with van der Waals surface area (Å²) in [7, 11) is 0. The maximum Gasteiger partial charge on any atom is 0.319 e. The molecule has 1 aromatic rings. The van der Waals surface area contributed by atoms with Crippen molar-refractivity contribution in [1.82, 2.24) is 0 Å². The molecule has 1 aliphatic heterocycles. The van der Waals surface area contributed by atoms with Crippen LogP contribution in [-0.4, -0.2) is 23.7 Å². The maximum absolute atomic E-state index is 11.3. The zero-order valence-electron chi connectivity index (χ0n) is 9.43. The fourth-order valence-electron chi connectivity index (χ4n) is 1.57. The first-order valence-corrected chi connectivity index (χ1v) is 6.24. The van der Waals surface area contributed by atoms with E-state index in [1.54, 1.807) is 0 Å². The molecule has 0 spiro atoms. The molecule has 2 rings (SSSR count). The molecule has 4 nitrogen and oxygen atoms in total. The monoisotopic (exact) mass is 251 g/mol. The third kappa shape index (κ3) is 3.23. The second-order valence-electron chi connectivity index (χ2n) is 3.77. The van der Waals surface area contributed by atoms with E-state index in [4.69, 9.17) is 4.74 Å². The van der Waals surface area contributed by atoms with E-state index in [1.807, 2.05) is 24.3 Å². The first-order valence-electron chi connectivity index (χ1n) is 5.36. The van der Waals surface area contributed by atoms with E-state index in [9.17, 15) is 9.59 Å². The normalized spacial score (nSPS) is 18.9. The summed E-state index contributed by atoms with van der Waals surface area (Å²) >= 11 is 1.50. The second kappa shape index (κ2) is 5.23. The SMILES string of the molecule is CC(=O)Nc1ccc(S[C@H]2CCOC2=O)cc1. The van der Waals surface area contributed by atoms with E-state index in [1.165, 1.54) is 18.7 Å². The summed E-state index contributed by atoms with van der Waals surface area (Å²) in [5.41, 5.74) is 0.760. The minimum Gasteiger partial charge on any atom is -0.465 e. The highest BCUT2D eigenvalue weighted by Gasteiger charge is 2.27. The molecule has 0 aromatic heterocycles. The summed E-state index contributed by atoms with van der Waals surface area (Å²) in [6, 6.07) is 7.43. The molecule has 1 amide bonds. The molecule has 0 unspecified atom stereocenters. The quantitative estimate of drug-likeness (QED) is 0.835. The van der Waals surface area contributed by atoms with Gasteiger partial charge in [-0.25, -0.2) is 0 Å². The van der Waals surface area contributed by atoms with Gasteiger partial charge in [-0.05, 0) is 24.3 Å². The van der Waals surface area contributed by atoms with Gasteiger partial charge in [0.1, 0.15) is 5.25 Å². The lowest BCUT2D eigenvalue weighted by Crippen LogP contribution is -2.09. The summed E-state index contributed by atoms with van der Waals surface area (Å²) < 4.78 is 4.90. The topological polar surface area (TPSA) is 55.4 Å². The number of thioether (sulfide) groups is 1. The standard InChI is InChI=1S/C12H13NO3S/c1-8(14)13-9-2-4-10(5-3-9)17-11-6-7-16-12(11)15/h2-5,11H,6-7H2,1H3,(H,13,14)/t11-/m0/s1. The van der Waals surface area contributed by atoms with Crippen molar-refractivity contribution in [1.29, 1.82) is 0 Å². The van der Waals surface area contributed by atoms with Gasteiger partial charge in [-0.1, -0.05) is 0 Å². The lowest BCUT2D eigenvalue weighted by atomic mass is 10.3. The molecule has 1 aromatic carbocycles. The molecule has 1 N–H and O–H groups in total. The van der Waals surface area contributed by atoms with Gasteiger partial charge in [-0.3, -0.25) is 9.59 Å². The van der Waals surface area contributed by atoms with Crippen molar-refractivity contribution in [2.75, 3.05) is 11.9 Å². The molecule has 5 heteroatoms. The Bertz CT molecular complexity index is 430. The number of ether oxygens (including phenoxy) is 1. The first kappa shape index (κ1) is 12.0. The molecule has 0 radical (unpaired) electrons. The third-order valence-electron chi connectivity index (χ3n) is 2.34. The fraction of sp³-hybridized carbons (Fsp3) is 0.333. The lowest BCUT2D eigenvalue weighted by Gasteiger charge is -2.06. The molecule has 0 bridgehead atoms. The van der Waals surface area contributed by atoms with Crippen molar-refractivity contribution in [3.8, 4) is 0 Å². The van der Waals surface area contributed by atoms with Crippen LogP contribution in [0.15, 0.2) is 29.2 Å². The molecular formula is C12H13NO3S. The Hall–Kier alpha value is -1.49. The van der Waals surface area contributed by atoms with E-state index in [0.717, 1.165) is 17.0 Å². The highest BCUT2D eigenvalue weighted by molar-refractivity contribution is 8.00. The van der Waals surface area contributed by atoms with E-state index in [2.05, 4.69) is 5.32 Å². The predicted octanol–water partition coefficient (Wildman–Crippen LogP) is 2.05. The molecule has 17 heavy (non-hydrogen) atoms. The molecule has 0 saturated carbocycles. The second-order valence-corrected chi connectivity index (χ2v) is 5.04. The van der Waals surface area contributed by atoms with Crippen LogP contribution >= 0.6 is 11.8 Å². The molecule has 1 saturated heterocycles. The van der Waals surface area contributed by atoms with E-state index in [0.29, 0.717) is 6.61 Å². The Labute approximate surface area is 104 Å². The van der Waals surface area contributed by atoms with Crippen molar-refractivity contribution in [3.05, 3.63) is 24.3 Å². The molecule has 1 atom stereocenters. The summed E-state index contributed by atoms with van der Waals surface area (Å²) in [6.07, 6.45) is 0.761. The molecule has 0 aliphatic carbocycles. The van der Waals surface area contributed by atoms with Gasteiger partial charge in [-0.15, -0.1) is 11.8 Å². The van der Waals surface area contributed by atoms with Crippen LogP contribution in [-0.2, 0) is 14.3 Å². The molecular weight excluding hydrogens is 238 g/mol. The van der Waals surface area contributed by atoms with Crippen molar-refractivity contribution in [2.45, 2.75) is 23.5 Å². The van der Waals surface area contributed by atoms with Crippen molar-refractivity contribution in [3.63, 3.8) is 0 Å². The number of rotatable bonds is 3. The largest absolute Gasteiger partial charge is 0.465 e. The lowest BCUT2D eigenvalue weighted by molar-refractivity contribution is -0.137. The summed E-state index contributed by atoms with van der Waals surface area (Å²) in [6.45, 7) is 1.98. The Morgan fingerprint density at radius 3 is 2.65 bits per heavy atom. The number of nitrogens with one attached hydrogen (secondary N) is 1. The first-order chi connectivity index (χ1) is 8.15. The van der Waals surface area contributed by atoms with Crippen LogP contribution in [0, 0.1) is 0 Å². The Morgan fingerprint density at radius 2 is 2.12 bits per heavy atom. The summed E-state index contributed by atoms with van der Waals surface area (Å²) in [5.74, 6) is -0.231. The zero-order chi connectivity index (χ0) is 12.3. The van der Waals surface area contributed by atoms with Crippen LogP contribution in [0.2, 0.25) is 0 Å². The van der Waals surface area contributed by atoms with E-state index in [-0.39, 0.29) is 17.1 Å². The minimum atomic E-state index is -0.138. The summed E-state index contributed by atoms with van der Waals surface area (Å²) in [5, 5.41) is 2.60. The van der Waals surface area contributed by atoms with Gasteiger partial charge in [0.2, 0.25) is 5.91 Å². The number of anilines is 1. The number of carbonyl (C=O) groups is 2. The number of benzene rings is 1. The number of esters is 1. The van der Waals surface area contributed by atoms with Crippen LogP contribution in [0.25, 0.3) is 0 Å². The van der Waals surface area contributed by atoms with Crippen LogP contribution in [0.3, 0.4) is 0 Å². The Morgan fingerprint density at radius 1 is 1.41 bits per heavy atom. The number of hydrogen-bond acceptors (Lipinski definition) is 4. The van der Waals surface area contributed by atoms with E-state index >= 15 is 0 Å². The van der Waals surface area contributed by atoms with Gasteiger partial charge < -0.3 is 10.1 Å². The number of carbonyl (C=O) groups excluding carboxylic acids is 2. The Balaban J connectivity index is 1.98. The van der Waals surface area contributed by atoms with Gasteiger partial charge in [0.05, 0.1) is 6.61 Å². The van der Waals surface area contributed by atoms with Crippen molar-refractivity contribution >= 4 is 29.3 Å². The maximum atomic E-state index is 11.3. The average Bonchev–Trinajstić information content (AvgIpc) is 2.67. The predicted molar refractivity (Wildman–Crippen MR) is 66.0 cm³/mol. The van der Waals surface area contributed by atoms with Gasteiger partial charge in [0.15, 0.2) is 0 Å². The molecule has 90 valence electrons. The van der Waals surface area contributed by atoms with Crippen LogP contribution in [0.1, 0.15) is 13.3 Å². The fourth-order valence-corrected chi connectivity index (χ4v) is 2.57. The van der Waals surface area contributed by atoms with Crippen LogP contribution in [0.4, 0.5) is 5.69 Å². The van der Waals surface area contributed by atoms with Crippen molar-refractivity contribution < 1.29 is 14.3 Å². The van der Waals surface area contributed by atoms with Gasteiger partial charge in [0.25, 0.3) is 0 Å². The van der Waals surface area contributed by atoms with Crippen LogP contribution < -0.4 is 5.32 Å². The minimum absolute atomic E-state index is 0.0928. The Kier molecular flexibility index (Phi) is 3.68.